The van der Waals surface area contributed by atoms with Gasteiger partial charge in [0.1, 0.15) is 5.75 Å². The Morgan fingerprint density at radius 1 is 1.28 bits per heavy atom. The Kier molecular flexibility index (Phi) is 5.78. The number of aliphatic hydroxyl groups is 1. The van der Waals surface area contributed by atoms with Crippen LogP contribution in [-0.2, 0) is 24.8 Å². The number of hydrogen-bond donors (Lipinski definition) is 2. The summed E-state index contributed by atoms with van der Waals surface area (Å²) < 4.78 is 7.48. The second kappa shape index (κ2) is 8.63. The summed E-state index contributed by atoms with van der Waals surface area (Å²) in [5.74, 6) is 0.341. The zero-order valence-corrected chi connectivity index (χ0v) is 16.5. The molecule has 29 heavy (non-hydrogen) atoms. The van der Waals surface area contributed by atoms with Crippen molar-refractivity contribution in [1.29, 1.82) is 0 Å². The van der Waals surface area contributed by atoms with E-state index in [1.54, 1.807) is 6.33 Å². The SMILES string of the molecule is Cn1cnc2cc(OCC(=O)NC[C@@H](O)CN3CCc4ccccc4C3)ccc21. The second-order valence-electron chi connectivity index (χ2n) is 7.51. The molecule has 0 spiro atoms. The number of β-amino-alcohol motifs (C(OH)–C–C–N with tert-alkyl or cyclic N) is 1. The summed E-state index contributed by atoms with van der Waals surface area (Å²) in [4.78, 5) is 18.6. The first-order chi connectivity index (χ1) is 14.1. The van der Waals surface area contributed by atoms with E-state index in [2.05, 4.69) is 33.4 Å². The van der Waals surface area contributed by atoms with Crippen molar-refractivity contribution >= 4 is 16.9 Å². The minimum absolute atomic E-state index is 0.0951. The molecule has 0 aliphatic carbocycles. The number of carbonyl (C=O) groups excluding carboxylic acids is 1. The van der Waals surface area contributed by atoms with Crippen LogP contribution in [0.4, 0.5) is 0 Å². The molecule has 1 atom stereocenters. The number of amides is 1. The van der Waals surface area contributed by atoms with Crippen molar-refractivity contribution in [2.75, 3.05) is 26.2 Å². The molecule has 0 unspecified atom stereocenters. The van der Waals surface area contributed by atoms with Crippen molar-refractivity contribution in [2.24, 2.45) is 7.05 Å². The third kappa shape index (κ3) is 4.75. The number of ether oxygens (including phenoxy) is 1. The molecule has 0 saturated heterocycles. The van der Waals surface area contributed by atoms with E-state index in [1.807, 2.05) is 35.9 Å². The number of carbonyl (C=O) groups is 1. The molecule has 2 N–H and O–H groups in total. The molecule has 7 nitrogen and oxygen atoms in total. The van der Waals surface area contributed by atoms with Crippen molar-refractivity contribution in [3.05, 3.63) is 59.9 Å². The lowest BCUT2D eigenvalue weighted by Crippen LogP contribution is -2.42. The Bertz CT molecular complexity index is 1000. The highest BCUT2D eigenvalue weighted by atomic mass is 16.5. The van der Waals surface area contributed by atoms with Crippen LogP contribution in [0.25, 0.3) is 11.0 Å². The Labute approximate surface area is 169 Å². The third-order valence-electron chi connectivity index (χ3n) is 5.28. The molecular weight excluding hydrogens is 368 g/mol. The van der Waals surface area contributed by atoms with Crippen molar-refractivity contribution in [1.82, 2.24) is 19.8 Å². The molecular formula is C22H26N4O3. The monoisotopic (exact) mass is 394 g/mol. The maximum Gasteiger partial charge on any atom is 0.258 e. The van der Waals surface area contributed by atoms with E-state index < -0.39 is 6.10 Å². The Morgan fingerprint density at radius 3 is 2.97 bits per heavy atom. The fourth-order valence-corrected chi connectivity index (χ4v) is 3.71. The maximum absolute atomic E-state index is 12.1. The van der Waals surface area contributed by atoms with E-state index in [0.29, 0.717) is 12.3 Å². The number of aromatic nitrogens is 2. The van der Waals surface area contributed by atoms with Gasteiger partial charge < -0.3 is 19.7 Å². The number of fused-ring (bicyclic) bond motifs is 2. The van der Waals surface area contributed by atoms with Gasteiger partial charge in [-0.05, 0) is 29.7 Å². The van der Waals surface area contributed by atoms with Crippen LogP contribution in [0.1, 0.15) is 11.1 Å². The first-order valence-corrected chi connectivity index (χ1v) is 9.86. The van der Waals surface area contributed by atoms with Crippen molar-refractivity contribution in [3.8, 4) is 5.75 Å². The van der Waals surface area contributed by atoms with E-state index in [1.165, 1.54) is 11.1 Å². The van der Waals surface area contributed by atoms with Gasteiger partial charge in [0.05, 0.1) is 23.5 Å². The summed E-state index contributed by atoms with van der Waals surface area (Å²) in [6, 6.07) is 14.0. The minimum atomic E-state index is -0.617. The molecule has 0 bridgehead atoms. The summed E-state index contributed by atoms with van der Waals surface area (Å²) in [6.07, 6.45) is 2.11. The van der Waals surface area contributed by atoms with Gasteiger partial charge >= 0.3 is 0 Å². The number of hydrogen-bond acceptors (Lipinski definition) is 5. The van der Waals surface area contributed by atoms with Crippen molar-refractivity contribution < 1.29 is 14.6 Å². The van der Waals surface area contributed by atoms with Crippen LogP contribution >= 0.6 is 0 Å². The van der Waals surface area contributed by atoms with Crippen molar-refractivity contribution in [3.63, 3.8) is 0 Å². The molecule has 1 aliphatic heterocycles. The molecule has 4 rings (SSSR count). The quantitative estimate of drug-likeness (QED) is 0.635. The largest absolute Gasteiger partial charge is 0.484 e. The zero-order chi connectivity index (χ0) is 20.2. The lowest BCUT2D eigenvalue weighted by atomic mass is 10.00. The van der Waals surface area contributed by atoms with Crippen LogP contribution < -0.4 is 10.1 Å². The Hall–Kier alpha value is -2.90. The number of nitrogens with zero attached hydrogens (tertiary/aromatic N) is 3. The molecule has 2 heterocycles. The number of aliphatic hydroxyl groups excluding tert-OH is 1. The summed E-state index contributed by atoms with van der Waals surface area (Å²) in [5, 5.41) is 13.0. The van der Waals surface area contributed by atoms with Gasteiger partial charge in [-0.2, -0.15) is 0 Å². The predicted molar refractivity (Wildman–Crippen MR) is 111 cm³/mol. The average Bonchev–Trinajstić information content (AvgIpc) is 3.11. The van der Waals surface area contributed by atoms with Crippen LogP contribution in [0.2, 0.25) is 0 Å². The molecule has 0 fully saturated rings. The van der Waals surface area contributed by atoms with Crippen LogP contribution in [0.3, 0.4) is 0 Å². The molecule has 0 radical (unpaired) electrons. The van der Waals surface area contributed by atoms with Gasteiger partial charge in [0.15, 0.2) is 6.61 Å². The van der Waals surface area contributed by atoms with Gasteiger partial charge in [-0.15, -0.1) is 0 Å². The van der Waals surface area contributed by atoms with Gasteiger partial charge in [0.25, 0.3) is 5.91 Å². The van der Waals surface area contributed by atoms with Gasteiger partial charge in [0.2, 0.25) is 0 Å². The van der Waals surface area contributed by atoms with Crippen LogP contribution in [0.15, 0.2) is 48.8 Å². The number of aryl methyl sites for hydroxylation is 1. The highest BCUT2D eigenvalue weighted by Crippen LogP contribution is 2.19. The number of benzene rings is 2. The van der Waals surface area contributed by atoms with Crippen LogP contribution in [0.5, 0.6) is 5.75 Å². The standard InChI is InChI=1S/C22H26N4O3/c1-25-15-24-20-10-19(6-7-21(20)25)29-14-22(28)23-11-18(27)13-26-9-8-16-4-2-3-5-17(16)12-26/h2-7,10,15,18,27H,8-9,11-14H2,1H3,(H,23,28)/t18-/m1/s1. The second-order valence-corrected chi connectivity index (χ2v) is 7.51. The first-order valence-electron chi connectivity index (χ1n) is 9.86. The first kappa shape index (κ1) is 19.4. The topological polar surface area (TPSA) is 79.6 Å². The highest BCUT2D eigenvalue weighted by Gasteiger charge is 2.18. The van der Waals surface area contributed by atoms with E-state index in [-0.39, 0.29) is 19.1 Å². The Morgan fingerprint density at radius 2 is 2.10 bits per heavy atom. The number of nitrogens with one attached hydrogen (secondary N) is 1. The molecule has 1 aliphatic rings. The molecule has 152 valence electrons. The van der Waals surface area contributed by atoms with Gasteiger partial charge in [-0.1, -0.05) is 24.3 Å². The minimum Gasteiger partial charge on any atom is -0.484 e. The summed E-state index contributed by atoms with van der Waals surface area (Å²) in [5.41, 5.74) is 4.52. The highest BCUT2D eigenvalue weighted by molar-refractivity contribution is 5.79. The lowest BCUT2D eigenvalue weighted by Gasteiger charge is -2.30. The zero-order valence-electron chi connectivity index (χ0n) is 16.5. The normalized spacial score (nSPS) is 15.1. The number of imidazole rings is 1. The summed E-state index contributed by atoms with van der Waals surface area (Å²) >= 11 is 0. The van der Waals surface area contributed by atoms with E-state index in [9.17, 15) is 9.90 Å². The molecule has 0 saturated carbocycles. The van der Waals surface area contributed by atoms with Crippen LogP contribution in [-0.4, -0.2) is 57.8 Å². The summed E-state index contributed by atoms with van der Waals surface area (Å²) in [6.45, 7) is 2.40. The van der Waals surface area contributed by atoms with E-state index >= 15 is 0 Å². The fraction of sp³-hybridized carbons (Fsp3) is 0.364. The summed E-state index contributed by atoms with van der Waals surface area (Å²) in [7, 11) is 1.93. The molecule has 1 amide bonds. The van der Waals surface area contributed by atoms with E-state index in [4.69, 9.17) is 4.74 Å². The van der Waals surface area contributed by atoms with Crippen molar-refractivity contribution in [2.45, 2.75) is 19.1 Å². The molecule has 7 heteroatoms. The average molecular weight is 394 g/mol. The predicted octanol–water partition coefficient (Wildman–Crippen LogP) is 1.49. The molecule has 3 aromatic rings. The molecule has 1 aromatic heterocycles. The van der Waals surface area contributed by atoms with Gasteiger partial charge in [0, 0.05) is 39.3 Å². The fourth-order valence-electron chi connectivity index (χ4n) is 3.71. The van der Waals surface area contributed by atoms with Gasteiger partial charge in [-0.3, -0.25) is 9.69 Å². The van der Waals surface area contributed by atoms with Crippen LogP contribution in [0, 0.1) is 0 Å². The lowest BCUT2D eigenvalue weighted by molar-refractivity contribution is -0.123. The maximum atomic E-state index is 12.1. The Balaban J connectivity index is 1.20. The number of rotatable bonds is 7. The van der Waals surface area contributed by atoms with Gasteiger partial charge in [-0.25, -0.2) is 4.98 Å². The molecule has 2 aromatic carbocycles. The van der Waals surface area contributed by atoms with E-state index in [0.717, 1.165) is 30.5 Å². The third-order valence-corrected chi connectivity index (χ3v) is 5.28. The smallest absolute Gasteiger partial charge is 0.258 e.